The molecule has 0 radical (unpaired) electrons. The molecule has 0 atom stereocenters. The quantitative estimate of drug-likeness (QED) is 0.786. The molecular formula is C16H26ClN5O3. The molecule has 0 aromatic carbocycles. The summed E-state index contributed by atoms with van der Waals surface area (Å²) in [4.78, 5) is 28.9. The smallest absolute Gasteiger partial charge is 0.250 e. The number of ether oxygens (including phenoxy) is 1. The van der Waals surface area contributed by atoms with Crippen LogP contribution in [0.2, 0.25) is 0 Å². The molecule has 9 heteroatoms. The summed E-state index contributed by atoms with van der Waals surface area (Å²) in [7, 11) is 1.70. The maximum atomic E-state index is 13.2. The zero-order chi connectivity index (χ0) is 17.0. The van der Waals surface area contributed by atoms with Crippen LogP contribution >= 0.6 is 12.4 Å². The van der Waals surface area contributed by atoms with Gasteiger partial charge in [-0.15, -0.1) is 12.4 Å². The van der Waals surface area contributed by atoms with Gasteiger partial charge in [-0.1, -0.05) is 0 Å². The van der Waals surface area contributed by atoms with Crippen LogP contribution in [0.15, 0.2) is 18.5 Å². The molecule has 0 bridgehead atoms. The molecule has 1 aromatic heterocycles. The Balaban J connectivity index is 0.00000225. The summed E-state index contributed by atoms with van der Waals surface area (Å²) in [6, 6.07) is 1.83. The van der Waals surface area contributed by atoms with E-state index in [-0.39, 0.29) is 30.8 Å². The average Bonchev–Trinajstić information content (AvgIpc) is 3.17. The highest BCUT2D eigenvalue weighted by molar-refractivity contribution is 5.89. The molecule has 2 amide bonds. The maximum Gasteiger partial charge on any atom is 0.250 e. The van der Waals surface area contributed by atoms with Crippen LogP contribution in [0.25, 0.3) is 0 Å². The van der Waals surface area contributed by atoms with Crippen molar-refractivity contribution in [3.05, 3.63) is 18.5 Å². The molecule has 3 heterocycles. The van der Waals surface area contributed by atoms with E-state index in [1.165, 1.54) is 0 Å². The summed E-state index contributed by atoms with van der Waals surface area (Å²) < 4.78 is 7.03. The summed E-state index contributed by atoms with van der Waals surface area (Å²) in [6.45, 7) is 3.92. The van der Waals surface area contributed by atoms with Crippen LogP contribution < -0.4 is 5.32 Å². The number of hydrogen-bond donors (Lipinski definition) is 1. The highest BCUT2D eigenvalue weighted by atomic mass is 35.5. The van der Waals surface area contributed by atoms with Crippen LogP contribution in [0, 0.1) is 0 Å². The Morgan fingerprint density at radius 2 is 1.96 bits per heavy atom. The van der Waals surface area contributed by atoms with Crippen molar-refractivity contribution in [3.63, 3.8) is 0 Å². The van der Waals surface area contributed by atoms with E-state index >= 15 is 0 Å². The summed E-state index contributed by atoms with van der Waals surface area (Å²) >= 11 is 0. The number of hydrogen-bond acceptors (Lipinski definition) is 5. The summed E-state index contributed by atoms with van der Waals surface area (Å²) in [5.41, 5.74) is -0.700. The third-order valence-electron chi connectivity index (χ3n) is 4.85. The highest BCUT2D eigenvalue weighted by Gasteiger charge is 2.44. The predicted octanol–water partition coefficient (Wildman–Crippen LogP) is -0.299. The number of piperidine rings is 1. The Kier molecular flexibility index (Phi) is 6.80. The van der Waals surface area contributed by atoms with Crippen molar-refractivity contribution in [1.82, 2.24) is 24.9 Å². The number of nitrogens with zero attached hydrogens (tertiary/aromatic N) is 4. The Bertz CT molecular complexity index is 568. The molecule has 3 rings (SSSR count). The van der Waals surface area contributed by atoms with E-state index in [4.69, 9.17) is 4.74 Å². The fourth-order valence-electron chi connectivity index (χ4n) is 3.45. The van der Waals surface area contributed by atoms with Gasteiger partial charge >= 0.3 is 0 Å². The molecule has 1 N–H and O–H groups in total. The third kappa shape index (κ3) is 4.13. The second-order valence-corrected chi connectivity index (χ2v) is 6.39. The first-order valence-corrected chi connectivity index (χ1v) is 8.45. The highest BCUT2D eigenvalue weighted by Crippen LogP contribution is 2.29. The largest absolute Gasteiger partial charge is 0.378 e. The van der Waals surface area contributed by atoms with E-state index in [0.717, 1.165) is 13.1 Å². The summed E-state index contributed by atoms with van der Waals surface area (Å²) in [5, 5.41) is 7.60. The van der Waals surface area contributed by atoms with E-state index in [2.05, 4.69) is 10.4 Å². The van der Waals surface area contributed by atoms with Crippen molar-refractivity contribution in [2.24, 2.45) is 0 Å². The number of aromatic nitrogens is 2. The predicted molar refractivity (Wildman–Crippen MR) is 94.6 cm³/mol. The summed E-state index contributed by atoms with van der Waals surface area (Å²) in [5.74, 6) is -0.0759. The van der Waals surface area contributed by atoms with Gasteiger partial charge in [-0.3, -0.25) is 14.3 Å². The van der Waals surface area contributed by atoms with Crippen molar-refractivity contribution in [3.8, 4) is 0 Å². The number of carbonyl (C=O) groups excluding carboxylic acids is 2. The number of rotatable bonds is 4. The van der Waals surface area contributed by atoms with E-state index in [0.29, 0.717) is 39.1 Å². The summed E-state index contributed by atoms with van der Waals surface area (Å²) in [6.07, 6.45) is 4.87. The Morgan fingerprint density at radius 1 is 1.28 bits per heavy atom. The average molecular weight is 372 g/mol. The molecule has 0 spiro atoms. The van der Waals surface area contributed by atoms with Gasteiger partial charge in [0.25, 0.3) is 5.91 Å². The number of carbonyl (C=O) groups is 2. The van der Waals surface area contributed by atoms with Crippen LogP contribution in [0.4, 0.5) is 0 Å². The van der Waals surface area contributed by atoms with Crippen molar-refractivity contribution in [2.75, 3.05) is 53.0 Å². The van der Waals surface area contributed by atoms with E-state index in [1.54, 1.807) is 27.7 Å². The zero-order valence-corrected chi connectivity index (χ0v) is 15.3. The molecule has 2 saturated heterocycles. The molecule has 8 nitrogen and oxygen atoms in total. The first-order chi connectivity index (χ1) is 11.6. The topological polar surface area (TPSA) is 79.7 Å². The minimum atomic E-state index is -0.700. The van der Waals surface area contributed by atoms with E-state index in [1.807, 2.05) is 12.3 Å². The lowest BCUT2D eigenvalue weighted by molar-refractivity contribution is -0.148. The zero-order valence-electron chi connectivity index (χ0n) is 14.5. The number of amides is 2. The van der Waals surface area contributed by atoms with Crippen LogP contribution in [0.1, 0.15) is 12.8 Å². The van der Waals surface area contributed by atoms with Gasteiger partial charge in [0, 0.05) is 32.5 Å². The van der Waals surface area contributed by atoms with Gasteiger partial charge in [0.15, 0.2) is 0 Å². The normalized spacial score (nSPS) is 19.8. The SMILES string of the molecule is CN(CC(=O)N1CCOCC1)C(=O)C1(n2cccn2)CCNCC1.Cl. The van der Waals surface area contributed by atoms with Crippen LogP contribution in [-0.2, 0) is 19.9 Å². The minimum absolute atomic E-state index is 0. The lowest BCUT2D eigenvalue weighted by atomic mass is 9.87. The molecule has 140 valence electrons. The Hall–Kier alpha value is -1.64. The maximum absolute atomic E-state index is 13.2. The second-order valence-electron chi connectivity index (χ2n) is 6.39. The first kappa shape index (κ1) is 19.7. The molecular weight excluding hydrogens is 346 g/mol. The van der Waals surface area contributed by atoms with Gasteiger partial charge in [0.05, 0.1) is 19.8 Å². The van der Waals surface area contributed by atoms with Gasteiger partial charge in [-0.25, -0.2) is 0 Å². The van der Waals surface area contributed by atoms with Crippen molar-refractivity contribution >= 4 is 24.2 Å². The van der Waals surface area contributed by atoms with Crippen LogP contribution in [-0.4, -0.2) is 84.4 Å². The molecule has 0 aliphatic carbocycles. The first-order valence-electron chi connectivity index (χ1n) is 8.45. The van der Waals surface area contributed by atoms with Gasteiger partial charge in [-0.2, -0.15) is 5.10 Å². The van der Waals surface area contributed by atoms with E-state index < -0.39 is 5.54 Å². The van der Waals surface area contributed by atoms with Gasteiger partial charge in [0.1, 0.15) is 5.54 Å². The van der Waals surface area contributed by atoms with Gasteiger partial charge < -0.3 is 19.9 Å². The lowest BCUT2D eigenvalue weighted by Gasteiger charge is -2.39. The standard InChI is InChI=1S/C16H25N5O3.ClH/c1-19(13-14(22)20-9-11-24-12-10-20)15(23)16(3-6-17-7-4-16)21-8-2-5-18-21;/h2,5,8,17H,3-4,6-7,9-13H2,1H3;1H. The Morgan fingerprint density at radius 3 is 2.56 bits per heavy atom. The fraction of sp³-hybridized carbons (Fsp3) is 0.688. The van der Waals surface area contributed by atoms with Crippen molar-refractivity contribution in [1.29, 1.82) is 0 Å². The lowest BCUT2D eigenvalue weighted by Crippen LogP contribution is -2.56. The minimum Gasteiger partial charge on any atom is -0.378 e. The Labute approximate surface area is 153 Å². The number of likely N-dealkylation sites (N-methyl/N-ethyl adjacent to an activating group) is 1. The molecule has 0 unspecified atom stereocenters. The van der Waals surface area contributed by atoms with Crippen molar-refractivity contribution in [2.45, 2.75) is 18.4 Å². The molecule has 2 fully saturated rings. The monoisotopic (exact) mass is 371 g/mol. The van der Waals surface area contributed by atoms with Crippen LogP contribution in [0.3, 0.4) is 0 Å². The van der Waals surface area contributed by atoms with Crippen molar-refractivity contribution < 1.29 is 14.3 Å². The van der Waals surface area contributed by atoms with Crippen LogP contribution in [0.5, 0.6) is 0 Å². The molecule has 25 heavy (non-hydrogen) atoms. The molecule has 2 aliphatic rings. The number of halogens is 1. The number of morpholine rings is 1. The molecule has 1 aromatic rings. The van der Waals surface area contributed by atoms with E-state index in [9.17, 15) is 9.59 Å². The third-order valence-corrected chi connectivity index (χ3v) is 4.85. The fourth-order valence-corrected chi connectivity index (χ4v) is 3.45. The van der Waals surface area contributed by atoms with Gasteiger partial charge in [0.2, 0.25) is 5.91 Å². The second kappa shape index (κ2) is 8.64. The molecule has 2 aliphatic heterocycles. The van der Waals surface area contributed by atoms with Gasteiger partial charge in [-0.05, 0) is 32.0 Å². The number of nitrogens with one attached hydrogen (secondary N) is 1. The molecule has 0 saturated carbocycles.